The molecule has 1 atom stereocenters. The number of nitrogens with zero attached hydrogens (tertiary/aromatic N) is 2. The van der Waals surface area contributed by atoms with Gasteiger partial charge in [0.1, 0.15) is 5.82 Å². The smallest absolute Gasteiger partial charge is 0.255 e. The zero-order chi connectivity index (χ0) is 11.5. The van der Waals surface area contributed by atoms with Crippen molar-refractivity contribution in [1.82, 2.24) is 9.88 Å². The minimum absolute atomic E-state index is 0.231. The second-order valence-corrected chi connectivity index (χ2v) is 3.94. The maximum Gasteiger partial charge on any atom is 0.255 e. The van der Waals surface area contributed by atoms with E-state index in [4.69, 9.17) is 0 Å². The summed E-state index contributed by atoms with van der Waals surface area (Å²) in [7, 11) is 0. The summed E-state index contributed by atoms with van der Waals surface area (Å²) in [5.41, 5.74) is 0.231. The maximum atomic E-state index is 12.9. The van der Waals surface area contributed by atoms with Crippen LogP contribution in [-0.4, -0.2) is 40.1 Å². The van der Waals surface area contributed by atoms with Crippen molar-refractivity contribution >= 4 is 5.91 Å². The molecule has 0 saturated carbocycles. The molecule has 0 bridgehead atoms. The van der Waals surface area contributed by atoms with Crippen LogP contribution < -0.4 is 0 Å². The average molecular weight is 224 g/mol. The number of aliphatic hydroxyl groups is 1. The van der Waals surface area contributed by atoms with Crippen molar-refractivity contribution in [2.45, 2.75) is 18.9 Å². The van der Waals surface area contributed by atoms with E-state index >= 15 is 0 Å². The summed E-state index contributed by atoms with van der Waals surface area (Å²) in [4.78, 5) is 17.1. The summed E-state index contributed by atoms with van der Waals surface area (Å²) in [5.74, 6) is -0.797. The van der Waals surface area contributed by atoms with Gasteiger partial charge in [-0.15, -0.1) is 0 Å². The first kappa shape index (κ1) is 11.0. The molecule has 0 radical (unpaired) electrons. The monoisotopic (exact) mass is 224 g/mol. The number of β-amino-alcohol motifs (C(OH)–C–C–N with tert-alkyl or cyclic N) is 1. The van der Waals surface area contributed by atoms with Crippen LogP contribution in [0.1, 0.15) is 23.2 Å². The highest BCUT2D eigenvalue weighted by molar-refractivity contribution is 5.94. The number of carbonyl (C=O) groups is 1. The highest BCUT2D eigenvalue weighted by atomic mass is 19.1. The van der Waals surface area contributed by atoms with Gasteiger partial charge in [-0.3, -0.25) is 9.78 Å². The summed E-state index contributed by atoms with van der Waals surface area (Å²) in [6.07, 6.45) is 3.41. The van der Waals surface area contributed by atoms with Crippen molar-refractivity contribution in [3.63, 3.8) is 0 Å². The summed E-state index contributed by atoms with van der Waals surface area (Å²) < 4.78 is 12.9. The second-order valence-electron chi connectivity index (χ2n) is 3.94. The Kier molecular flexibility index (Phi) is 3.14. The molecule has 0 unspecified atom stereocenters. The van der Waals surface area contributed by atoms with E-state index in [2.05, 4.69) is 4.98 Å². The van der Waals surface area contributed by atoms with Crippen molar-refractivity contribution in [3.05, 3.63) is 29.8 Å². The molecule has 0 aliphatic carbocycles. The minimum atomic E-state index is -0.525. The highest BCUT2D eigenvalue weighted by Gasteiger charge is 2.23. The number of hydrogen-bond acceptors (Lipinski definition) is 3. The first-order valence-electron chi connectivity index (χ1n) is 5.24. The molecule has 1 aliphatic heterocycles. The Morgan fingerprint density at radius 2 is 2.38 bits per heavy atom. The number of piperidine rings is 1. The predicted octanol–water partition coefficient (Wildman–Crippen LogP) is 0.818. The van der Waals surface area contributed by atoms with Gasteiger partial charge in [0.2, 0.25) is 0 Å². The Hall–Kier alpha value is -1.49. The van der Waals surface area contributed by atoms with E-state index in [0.29, 0.717) is 19.5 Å². The third-order valence-electron chi connectivity index (χ3n) is 2.64. The molecular formula is C11H13FN2O2. The molecule has 0 aromatic carbocycles. The number of amides is 1. The van der Waals surface area contributed by atoms with Gasteiger partial charge in [-0.2, -0.15) is 0 Å². The van der Waals surface area contributed by atoms with E-state index < -0.39 is 11.9 Å². The zero-order valence-electron chi connectivity index (χ0n) is 8.77. The van der Waals surface area contributed by atoms with Crippen LogP contribution in [0.5, 0.6) is 0 Å². The van der Waals surface area contributed by atoms with E-state index in [-0.39, 0.29) is 11.5 Å². The molecule has 1 amide bonds. The second kappa shape index (κ2) is 4.57. The van der Waals surface area contributed by atoms with Crippen molar-refractivity contribution in [2.75, 3.05) is 13.1 Å². The van der Waals surface area contributed by atoms with Crippen LogP contribution in [0.4, 0.5) is 4.39 Å². The molecule has 0 spiro atoms. The highest BCUT2D eigenvalue weighted by Crippen LogP contribution is 2.13. The standard InChI is InChI=1S/C11H13FN2O2/c12-9-4-8(5-13-6-9)11(16)14-3-1-2-10(15)7-14/h4-6,10,15H,1-3,7H2/t10-/m1/s1. The Labute approximate surface area is 92.7 Å². The lowest BCUT2D eigenvalue weighted by atomic mass is 10.1. The Bertz CT molecular complexity index is 397. The topological polar surface area (TPSA) is 53.4 Å². The van der Waals surface area contributed by atoms with Crippen LogP contribution in [-0.2, 0) is 0 Å². The van der Waals surface area contributed by atoms with E-state index in [1.165, 1.54) is 11.1 Å². The van der Waals surface area contributed by atoms with Gasteiger partial charge in [-0.25, -0.2) is 4.39 Å². The molecule has 16 heavy (non-hydrogen) atoms. The molecule has 1 aliphatic rings. The molecule has 1 N–H and O–H groups in total. The van der Waals surface area contributed by atoms with Crippen LogP contribution in [0.3, 0.4) is 0 Å². The molecule has 2 rings (SSSR count). The van der Waals surface area contributed by atoms with Gasteiger partial charge >= 0.3 is 0 Å². The lowest BCUT2D eigenvalue weighted by Crippen LogP contribution is -2.42. The number of carbonyl (C=O) groups excluding carboxylic acids is 1. The van der Waals surface area contributed by atoms with Crippen molar-refractivity contribution < 1.29 is 14.3 Å². The summed E-state index contributed by atoms with van der Waals surface area (Å²) in [6, 6.07) is 1.16. The number of aliphatic hydroxyl groups excluding tert-OH is 1. The van der Waals surface area contributed by atoms with Crippen LogP contribution >= 0.6 is 0 Å². The van der Waals surface area contributed by atoms with Crippen molar-refractivity contribution in [3.8, 4) is 0 Å². The van der Waals surface area contributed by atoms with Gasteiger partial charge < -0.3 is 10.0 Å². The number of likely N-dealkylation sites (tertiary alicyclic amines) is 1. The normalized spacial score (nSPS) is 20.9. The number of hydrogen-bond donors (Lipinski definition) is 1. The van der Waals surface area contributed by atoms with Crippen LogP contribution in [0.15, 0.2) is 18.5 Å². The lowest BCUT2D eigenvalue weighted by Gasteiger charge is -2.30. The fraction of sp³-hybridized carbons (Fsp3) is 0.455. The van der Waals surface area contributed by atoms with Crippen molar-refractivity contribution in [1.29, 1.82) is 0 Å². The fourth-order valence-electron chi connectivity index (χ4n) is 1.85. The summed E-state index contributed by atoms with van der Waals surface area (Å²) in [6.45, 7) is 0.918. The van der Waals surface area contributed by atoms with Crippen LogP contribution in [0.25, 0.3) is 0 Å². The van der Waals surface area contributed by atoms with E-state index in [0.717, 1.165) is 18.7 Å². The largest absolute Gasteiger partial charge is 0.391 e. The van der Waals surface area contributed by atoms with Gasteiger partial charge in [0, 0.05) is 19.3 Å². The maximum absolute atomic E-state index is 12.9. The SMILES string of the molecule is O=C(c1cncc(F)c1)N1CCC[C@@H](O)C1. The summed E-state index contributed by atoms with van der Waals surface area (Å²) >= 11 is 0. The molecule has 1 aromatic heterocycles. The molecule has 5 heteroatoms. The third kappa shape index (κ3) is 2.36. The molecule has 4 nitrogen and oxygen atoms in total. The van der Waals surface area contributed by atoms with E-state index in [9.17, 15) is 14.3 Å². The molecule has 1 aromatic rings. The van der Waals surface area contributed by atoms with Gasteiger partial charge in [0.25, 0.3) is 5.91 Å². The minimum Gasteiger partial charge on any atom is -0.391 e. The molecule has 1 saturated heterocycles. The Balaban J connectivity index is 2.12. The van der Waals surface area contributed by atoms with Crippen LogP contribution in [0, 0.1) is 5.82 Å². The molecule has 86 valence electrons. The third-order valence-corrected chi connectivity index (χ3v) is 2.64. The van der Waals surface area contributed by atoms with Gasteiger partial charge in [-0.05, 0) is 18.9 Å². The average Bonchev–Trinajstić information content (AvgIpc) is 2.28. The zero-order valence-corrected chi connectivity index (χ0v) is 8.77. The summed E-state index contributed by atoms with van der Waals surface area (Å²) in [5, 5.41) is 9.45. The Morgan fingerprint density at radius 3 is 3.06 bits per heavy atom. The van der Waals surface area contributed by atoms with E-state index in [1.807, 2.05) is 0 Å². The molecule has 2 heterocycles. The van der Waals surface area contributed by atoms with Crippen LogP contribution in [0.2, 0.25) is 0 Å². The number of aromatic nitrogens is 1. The fourth-order valence-corrected chi connectivity index (χ4v) is 1.85. The first-order valence-corrected chi connectivity index (χ1v) is 5.24. The molecule has 1 fully saturated rings. The van der Waals surface area contributed by atoms with Gasteiger partial charge in [-0.1, -0.05) is 0 Å². The van der Waals surface area contributed by atoms with Gasteiger partial charge in [0.05, 0.1) is 17.9 Å². The van der Waals surface area contributed by atoms with Crippen molar-refractivity contribution in [2.24, 2.45) is 0 Å². The number of rotatable bonds is 1. The number of halogens is 1. The van der Waals surface area contributed by atoms with E-state index in [1.54, 1.807) is 0 Å². The first-order chi connectivity index (χ1) is 7.66. The molecular weight excluding hydrogens is 211 g/mol. The predicted molar refractivity (Wildman–Crippen MR) is 55.3 cm³/mol. The Morgan fingerprint density at radius 1 is 1.56 bits per heavy atom. The lowest BCUT2D eigenvalue weighted by molar-refractivity contribution is 0.0473. The quantitative estimate of drug-likeness (QED) is 0.768. The van der Waals surface area contributed by atoms with Gasteiger partial charge in [0.15, 0.2) is 0 Å². The number of pyridine rings is 1.